The van der Waals surface area contributed by atoms with Gasteiger partial charge in [-0.25, -0.2) is 0 Å². The third kappa shape index (κ3) is 13.4. The molecule has 0 radical (unpaired) electrons. The Kier molecular flexibility index (Phi) is 13.2. The van der Waals surface area contributed by atoms with Crippen molar-refractivity contribution >= 4 is 25.2 Å². The first-order chi connectivity index (χ1) is 5.91. The second-order valence-corrected chi connectivity index (χ2v) is 2.12. The van der Waals surface area contributed by atoms with Gasteiger partial charge in [-0.15, -0.1) is 0 Å². The van der Waals surface area contributed by atoms with E-state index in [1.165, 1.54) is 0 Å². The van der Waals surface area contributed by atoms with Crippen LogP contribution in [-0.2, 0) is 28.3 Å². The summed E-state index contributed by atoms with van der Waals surface area (Å²) in [5.74, 6) is -2.15. The molecular formula is C6H12BNaO7. The fraction of sp³-hybridized carbons (Fsp3) is 0.500. The Bertz CT molecular complexity index is 199. The average molecular weight is 230 g/mol. The van der Waals surface area contributed by atoms with Gasteiger partial charge >= 0.3 is 36.9 Å². The Morgan fingerprint density at radius 3 is 1.20 bits per heavy atom. The van der Waals surface area contributed by atoms with E-state index in [-0.39, 0.29) is 36.5 Å². The summed E-state index contributed by atoms with van der Waals surface area (Å²) in [5.41, 5.74) is 0. The Labute approximate surface area is 111 Å². The Hall–Kier alpha value is -0.565. The van der Waals surface area contributed by atoms with E-state index in [0.717, 1.165) is 20.8 Å². The van der Waals surface area contributed by atoms with Gasteiger partial charge in [0.1, 0.15) is 0 Å². The summed E-state index contributed by atoms with van der Waals surface area (Å²) in [6.45, 7) is 3.29. The van der Waals surface area contributed by atoms with Gasteiger partial charge in [-0.1, -0.05) is 0 Å². The van der Waals surface area contributed by atoms with Crippen molar-refractivity contribution in [2.45, 2.75) is 20.8 Å². The van der Waals surface area contributed by atoms with Crippen LogP contribution in [0.25, 0.3) is 0 Å². The zero-order chi connectivity index (χ0) is 10.4. The van der Waals surface area contributed by atoms with Gasteiger partial charge in [0.25, 0.3) is 17.9 Å². The predicted molar refractivity (Wildman–Crippen MR) is 45.8 cm³/mol. The molecule has 9 heteroatoms. The maximum Gasteiger partial charge on any atom is 1.00 e. The summed E-state index contributed by atoms with van der Waals surface area (Å²) < 4.78 is 13.0. The zero-order valence-corrected chi connectivity index (χ0v) is 11.0. The summed E-state index contributed by atoms with van der Waals surface area (Å²) in [4.78, 5) is 31.2. The minimum Gasteiger partial charge on any atom is -1.00 e. The van der Waals surface area contributed by atoms with Gasteiger partial charge < -0.3 is 20.9 Å². The van der Waals surface area contributed by atoms with E-state index >= 15 is 0 Å². The molecule has 2 N–H and O–H groups in total. The molecule has 0 saturated heterocycles. The minimum atomic E-state index is -1.59. The number of hydrogen-bond acceptors (Lipinski definition) is 6. The number of rotatable bonds is 3. The molecule has 0 saturated carbocycles. The Morgan fingerprint density at radius 1 is 0.867 bits per heavy atom. The fourth-order valence-corrected chi connectivity index (χ4v) is 0.479. The van der Waals surface area contributed by atoms with Crippen molar-refractivity contribution in [3.05, 3.63) is 0 Å². The number of carbonyl (C=O) groups excluding carboxylic acids is 3. The van der Waals surface area contributed by atoms with Crippen molar-refractivity contribution < 1.29 is 64.8 Å². The van der Waals surface area contributed by atoms with Crippen LogP contribution in [0.15, 0.2) is 0 Å². The van der Waals surface area contributed by atoms with Gasteiger partial charge in [-0.05, 0) is 0 Å². The van der Waals surface area contributed by atoms with Crippen molar-refractivity contribution in [1.29, 1.82) is 0 Å². The summed E-state index contributed by atoms with van der Waals surface area (Å²) in [6, 6.07) is 0. The molecule has 0 aliphatic carbocycles. The van der Waals surface area contributed by atoms with E-state index in [0.29, 0.717) is 0 Å². The molecule has 0 bridgehead atoms. The predicted octanol–water partition coefficient (Wildman–Crippen LogP) is -4.05. The molecule has 0 aliphatic rings. The van der Waals surface area contributed by atoms with Crippen LogP contribution in [0.4, 0.5) is 0 Å². The van der Waals surface area contributed by atoms with Crippen LogP contribution in [0.1, 0.15) is 22.2 Å². The standard InChI is InChI=1S/C6H9BO6.Na.H2O.H/c1-4(8)11-7(12-5(2)9)13-6(3)10;;;/h1-3H3;;1H2;/q;+1;;-1. The van der Waals surface area contributed by atoms with Crippen molar-refractivity contribution in [3.8, 4) is 0 Å². The van der Waals surface area contributed by atoms with Crippen LogP contribution >= 0.6 is 0 Å². The van der Waals surface area contributed by atoms with E-state index in [4.69, 9.17) is 0 Å². The van der Waals surface area contributed by atoms with E-state index in [9.17, 15) is 14.4 Å². The molecule has 0 aromatic heterocycles. The van der Waals surface area contributed by atoms with Gasteiger partial charge in [-0.3, -0.25) is 14.4 Å². The van der Waals surface area contributed by atoms with Crippen LogP contribution in [0, 0.1) is 0 Å². The van der Waals surface area contributed by atoms with Gasteiger partial charge in [0.15, 0.2) is 0 Å². The second kappa shape index (κ2) is 9.97. The summed E-state index contributed by atoms with van der Waals surface area (Å²) >= 11 is 0. The van der Waals surface area contributed by atoms with Crippen LogP contribution < -0.4 is 29.6 Å². The third-order valence-electron chi connectivity index (χ3n) is 0.787. The minimum absolute atomic E-state index is 0. The summed E-state index contributed by atoms with van der Waals surface area (Å²) in [6.07, 6.45) is 0. The van der Waals surface area contributed by atoms with Crippen molar-refractivity contribution in [3.63, 3.8) is 0 Å². The largest absolute Gasteiger partial charge is 1.00 e. The first-order valence-electron chi connectivity index (χ1n) is 3.43. The third-order valence-corrected chi connectivity index (χ3v) is 0.787. The molecule has 0 rings (SSSR count). The molecule has 15 heavy (non-hydrogen) atoms. The van der Waals surface area contributed by atoms with Crippen LogP contribution in [-0.4, -0.2) is 30.7 Å². The Morgan fingerprint density at radius 2 is 1.07 bits per heavy atom. The average Bonchev–Trinajstić information content (AvgIpc) is 1.80. The monoisotopic (exact) mass is 230 g/mol. The maximum absolute atomic E-state index is 10.4. The molecular weight excluding hydrogens is 218 g/mol. The first kappa shape index (κ1) is 19.9. The zero-order valence-electron chi connectivity index (χ0n) is 10.0. The SMILES string of the molecule is CC(=O)OB(OC(C)=O)OC(C)=O.O.[H-].[Na+]. The quantitative estimate of drug-likeness (QED) is 0.456. The van der Waals surface area contributed by atoms with Crippen molar-refractivity contribution in [2.24, 2.45) is 0 Å². The van der Waals surface area contributed by atoms with Crippen LogP contribution in [0.5, 0.6) is 0 Å². The molecule has 0 heterocycles. The molecule has 0 atom stereocenters. The van der Waals surface area contributed by atoms with Crippen molar-refractivity contribution in [2.75, 3.05) is 0 Å². The molecule has 0 fully saturated rings. The van der Waals surface area contributed by atoms with Crippen molar-refractivity contribution in [1.82, 2.24) is 0 Å². The van der Waals surface area contributed by atoms with E-state index in [1.54, 1.807) is 0 Å². The molecule has 82 valence electrons. The van der Waals surface area contributed by atoms with Gasteiger partial charge in [0.05, 0.1) is 0 Å². The molecule has 0 aromatic rings. The van der Waals surface area contributed by atoms with E-state index in [2.05, 4.69) is 14.0 Å². The fourth-order valence-electron chi connectivity index (χ4n) is 0.479. The Balaban J connectivity index is -0.000000240. The molecule has 0 unspecified atom stereocenters. The molecule has 7 nitrogen and oxygen atoms in total. The summed E-state index contributed by atoms with van der Waals surface area (Å²) in [7, 11) is -1.59. The van der Waals surface area contributed by atoms with Crippen LogP contribution in [0.2, 0.25) is 0 Å². The smallest absolute Gasteiger partial charge is 1.00 e. The van der Waals surface area contributed by atoms with Gasteiger partial charge in [0, 0.05) is 20.8 Å². The molecule has 0 aromatic carbocycles. The first-order valence-corrected chi connectivity index (χ1v) is 3.43. The number of carbonyl (C=O) groups is 3. The van der Waals surface area contributed by atoms with E-state index in [1.807, 2.05) is 0 Å². The summed E-state index contributed by atoms with van der Waals surface area (Å²) in [5, 5.41) is 0. The number of hydrogen-bond donors (Lipinski definition) is 0. The maximum atomic E-state index is 10.4. The molecule has 0 spiro atoms. The van der Waals surface area contributed by atoms with Crippen LogP contribution in [0.3, 0.4) is 0 Å². The van der Waals surface area contributed by atoms with Gasteiger partial charge in [-0.2, -0.15) is 0 Å². The molecule has 0 aliphatic heterocycles. The topological polar surface area (TPSA) is 110 Å². The normalized spacial score (nSPS) is 7.40. The molecule has 0 amide bonds. The van der Waals surface area contributed by atoms with E-state index < -0.39 is 25.2 Å². The second-order valence-electron chi connectivity index (χ2n) is 2.12. The van der Waals surface area contributed by atoms with Gasteiger partial charge in [0.2, 0.25) is 0 Å².